The Hall–Kier alpha value is -1.70. The third kappa shape index (κ3) is 2.99. The van der Waals surface area contributed by atoms with Gasteiger partial charge in [-0.1, -0.05) is 38.0 Å². The summed E-state index contributed by atoms with van der Waals surface area (Å²) in [6, 6.07) is 9.89. The Balaban J connectivity index is 1.79. The summed E-state index contributed by atoms with van der Waals surface area (Å²) in [6.45, 7) is 2.25. The van der Waals surface area contributed by atoms with Crippen molar-refractivity contribution in [3.05, 3.63) is 42.1 Å². The molecule has 2 aromatic rings. The number of benzene rings is 1. The summed E-state index contributed by atoms with van der Waals surface area (Å²) in [7, 11) is 0. The standard InChI is InChI=1S/C19H23NO/c1-2-5-14-9-11-16(12-10-14)19(21)17-8-3-6-15-7-4-13-20-18(15)17/h3-4,6-8,13-14,16H,2,5,9-12H2,1H3. The molecule has 1 aliphatic carbocycles. The summed E-state index contributed by atoms with van der Waals surface area (Å²) >= 11 is 0. The Morgan fingerprint density at radius 3 is 2.67 bits per heavy atom. The van der Waals surface area contributed by atoms with Gasteiger partial charge in [-0.3, -0.25) is 9.78 Å². The fraction of sp³-hybridized carbons (Fsp3) is 0.474. The van der Waals surface area contributed by atoms with Crippen LogP contribution in [0.2, 0.25) is 0 Å². The summed E-state index contributed by atoms with van der Waals surface area (Å²) in [4.78, 5) is 17.3. The number of fused-ring (bicyclic) bond motifs is 1. The molecule has 21 heavy (non-hydrogen) atoms. The molecule has 0 atom stereocenters. The minimum absolute atomic E-state index is 0.200. The number of pyridine rings is 1. The number of Topliss-reactive ketones (excluding diaryl/α,β-unsaturated/α-hetero) is 1. The molecule has 0 unspecified atom stereocenters. The van der Waals surface area contributed by atoms with E-state index < -0.39 is 0 Å². The highest BCUT2D eigenvalue weighted by atomic mass is 16.1. The average Bonchev–Trinajstić information content (AvgIpc) is 2.55. The predicted octanol–water partition coefficient (Wildman–Crippen LogP) is 5.02. The number of carbonyl (C=O) groups is 1. The van der Waals surface area contributed by atoms with Crippen molar-refractivity contribution in [3.63, 3.8) is 0 Å². The van der Waals surface area contributed by atoms with E-state index >= 15 is 0 Å². The Morgan fingerprint density at radius 2 is 1.90 bits per heavy atom. The first kappa shape index (κ1) is 14.2. The van der Waals surface area contributed by atoms with Gasteiger partial charge < -0.3 is 0 Å². The Labute approximate surface area is 126 Å². The molecule has 110 valence electrons. The first-order chi connectivity index (χ1) is 10.3. The second-order valence-corrected chi connectivity index (χ2v) is 6.25. The van der Waals surface area contributed by atoms with Gasteiger partial charge in [-0.25, -0.2) is 0 Å². The van der Waals surface area contributed by atoms with E-state index in [1.165, 1.54) is 25.7 Å². The molecule has 0 saturated heterocycles. The lowest BCUT2D eigenvalue weighted by atomic mass is 9.77. The third-order valence-electron chi connectivity index (χ3n) is 4.81. The van der Waals surface area contributed by atoms with Crippen molar-refractivity contribution in [1.82, 2.24) is 4.98 Å². The summed E-state index contributed by atoms with van der Waals surface area (Å²) in [5.74, 6) is 1.34. The van der Waals surface area contributed by atoms with Gasteiger partial charge in [-0.15, -0.1) is 0 Å². The molecule has 0 bridgehead atoms. The van der Waals surface area contributed by atoms with E-state index in [0.717, 1.165) is 35.2 Å². The number of ketones is 1. The lowest BCUT2D eigenvalue weighted by Crippen LogP contribution is -2.22. The highest BCUT2D eigenvalue weighted by Crippen LogP contribution is 2.34. The van der Waals surface area contributed by atoms with Gasteiger partial charge in [0.15, 0.2) is 5.78 Å². The molecule has 0 radical (unpaired) electrons. The molecule has 2 nitrogen and oxygen atoms in total. The van der Waals surface area contributed by atoms with Gasteiger partial charge in [0.1, 0.15) is 0 Å². The predicted molar refractivity (Wildman–Crippen MR) is 86.4 cm³/mol. The lowest BCUT2D eigenvalue weighted by molar-refractivity contribution is 0.0871. The van der Waals surface area contributed by atoms with Gasteiger partial charge >= 0.3 is 0 Å². The van der Waals surface area contributed by atoms with Crippen molar-refractivity contribution in [2.45, 2.75) is 45.4 Å². The molecular weight excluding hydrogens is 258 g/mol. The zero-order valence-electron chi connectivity index (χ0n) is 12.7. The van der Waals surface area contributed by atoms with Crippen LogP contribution < -0.4 is 0 Å². The van der Waals surface area contributed by atoms with E-state index in [0.29, 0.717) is 5.78 Å². The zero-order valence-corrected chi connectivity index (χ0v) is 12.7. The van der Waals surface area contributed by atoms with Crippen molar-refractivity contribution in [2.75, 3.05) is 0 Å². The quantitative estimate of drug-likeness (QED) is 0.736. The number of nitrogens with zero attached hydrogens (tertiary/aromatic N) is 1. The molecule has 2 heteroatoms. The van der Waals surface area contributed by atoms with Crippen LogP contribution in [0.3, 0.4) is 0 Å². The summed E-state index contributed by atoms with van der Waals surface area (Å²) < 4.78 is 0. The maximum Gasteiger partial charge on any atom is 0.168 e. The molecule has 0 aliphatic heterocycles. The average molecular weight is 281 g/mol. The van der Waals surface area contributed by atoms with Gasteiger partial charge in [0.25, 0.3) is 0 Å². The second kappa shape index (κ2) is 6.38. The normalized spacial score (nSPS) is 22.3. The van der Waals surface area contributed by atoms with Crippen molar-refractivity contribution >= 4 is 16.7 Å². The maximum absolute atomic E-state index is 12.8. The van der Waals surface area contributed by atoms with Crippen LogP contribution >= 0.6 is 0 Å². The van der Waals surface area contributed by atoms with Crippen LogP contribution in [0.15, 0.2) is 36.5 Å². The van der Waals surface area contributed by atoms with Gasteiger partial charge in [-0.2, -0.15) is 0 Å². The lowest BCUT2D eigenvalue weighted by Gasteiger charge is -2.27. The van der Waals surface area contributed by atoms with Crippen molar-refractivity contribution < 1.29 is 4.79 Å². The Bertz CT molecular complexity index is 621. The maximum atomic E-state index is 12.8. The Morgan fingerprint density at radius 1 is 1.14 bits per heavy atom. The third-order valence-corrected chi connectivity index (χ3v) is 4.81. The molecule has 1 fully saturated rings. The molecule has 3 rings (SSSR count). The molecular formula is C19H23NO. The van der Waals surface area contributed by atoms with Crippen LogP contribution in [0.1, 0.15) is 55.8 Å². The first-order valence-corrected chi connectivity index (χ1v) is 8.17. The Kier molecular flexibility index (Phi) is 4.33. The molecule has 1 aromatic heterocycles. The molecule has 1 aliphatic rings. The minimum atomic E-state index is 0.200. The van der Waals surface area contributed by atoms with Gasteiger partial charge in [-0.05, 0) is 43.7 Å². The van der Waals surface area contributed by atoms with E-state index in [1.807, 2.05) is 30.3 Å². The van der Waals surface area contributed by atoms with Gasteiger partial charge in [0.05, 0.1) is 5.52 Å². The van der Waals surface area contributed by atoms with Crippen LogP contribution in [0, 0.1) is 11.8 Å². The molecule has 0 spiro atoms. The smallest absolute Gasteiger partial charge is 0.168 e. The number of carbonyl (C=O) groups excluding carboxylic acids is 1. The first-order valence-electron chi connectivity index (χ1n) is 8.17. The molecule has 1 heterocycles. The van der Waals surface area contributed by atoms with Crippen molar-refractivity contribution in [1.29, 1.82) is 0 Å². The summed E-state index contributed by atoms with van der Waals surface area (Å²) in [6.07, 6.45) is 8.87. The van der Waals surface area contributed by atoms with E-state index in [2.05, 4.69) is 11.9 Å². The van der Waals surface area contributed by atoms with Gasteiger partial charge in [0.2, 0.25) is 0 Å². The van der Waals surface area contributed by atoms with Crippen molar-refractivity contribution in [2.24, 2.45) is 11.8 Å². The molecule has 0 amide bonds. The van der Waals surface area contributed by atoms with Gasteiger partial charge in [0, 0.05) is 23.1 Å². The number of para-hydroxylation sites is 1. The fourth-order valence-corrected chi connectivity index (χ4v) is 3.64. The van der Waals surface area contributed by atoms with Crippen LogP contribution in [0.25, 0.3) is 10.9 Å². The van der Waals surface area contributed by atoms with E-state index in [1.54, 1.807) is 6.20 Å². The highest BCUT2D eigenvalue weighted by Gasteiger charge is 2.27. The summed E-state index contributed by atoms with van der Waals surface area (Å²) in [5.41, 5.74) is 1.67. The zero-order chi connectivity index (χ0) is 14.7. The highest BCUT2D eigenvalue weighted by molar-refractivity contribution is 6.07. The van der Waals surface area contributed by atoms with Crippen LogP contribution in [0.5, 0.6) is 0 Å². The summed E-state index contributed by atoms with van der Waals surface area (Å²) in [5, 5.41) is 1.06. The van der Waals surface area contributed by atoms with E-state index in [4.69, 9.17) is 0 Å². The van der Waals surface area contributed by atoms with E-state index in [9.17, 15) is 4.79 Å². The number of aromatic nitrogens is 1. The van der Waals surface area contributed by atoms with Crippen LogP contribution in [-0.2, 0) is 0 Å². The number of rotatable bonds is 4. The molecule has 1 aromatic carbocycles. The topological polar surface area (TPSA) is 30.0 Å². The van der Waals surface area contributed by atoms with Crippen molar-refractivity contribution in [3.8, 4) is 0 Å². The minimum Gasteiger partial charge on any atom is -0.294 e. The number of hydrogen-bond donors (Lipinski definition) is 0. The number of hydrogen-bond acceptors (Lipinski definition) is 2. The largest absolute Gasteiger partial charge is 0.294 e. The SMILES string of the molecule is CCCC1CCC(C(=O)c2cccc3cccnc23)CC1. The van der Waals surface area contributed by atoms with Crippen LogP contribution in [-0.4, -0.2) is 10.8 Å². The fourth-order valence-electron chi connectivity index (χ4n) is 3.64. The molecule has 0 N–H and O–H groups in total. The van der Waals surface area contributed by atoms with Crippen LogP contribution in [0.4, 0.5) is 0 Å². The second-order valence-electron chi connectivity index (χ2n) is 6.25. The molecule has 1 saturated carbocycles. The van der Waals surface area contributed by atoms with E-state index in [-0.39, 0.29) is 5.92 Å². The monoisotopic (exact) mass is 281 g/mol.